The van der Waals surface area contributed by atoms with Gasteiger partial charge in [0.2, 0.25) is 5.91 Å². The minimum Gasteiger partial charge on any atom is -0.310 e. The maximum absolute atomic E-state index is 12.4. The highest BCUT2D eigenvalue weighted by Crippen LogP contribution is 2.29. The molecule has 134 valence electrons. The number of carbonyl (C=O) groups excluding carboxylic acids is 1. The lowest BCUT2D eigenvalue weighted by atomic mass is 10.2. The van der Waals surface area contributed by atoms with Crippen molar-refractivity contribution in [3.8, 4) is 0 Å². The third-order valence-electron chi connectivity index (χ3n) is 4.38. The van der Waals surface area contributed by atoms with E-state index in [0.29, 0.717) is 23.9 Å². The van der Waals surface area contributed by atoms with Crippen molar-refractivity contribution in [2.45, 2.75) is 32.7 Å². The van der Waals surface area contributed by atoms with Crippen LogP contribution in [0.5, 0.6) is 0 Å². The summed E-state index contributed by atoms with van der Waals surface area (Å²) in [5.41, 5.74) is 0.977. The lowest BCUT2D eigenvalue weighted by Gasteiger charge is -2.21. The number of hydrogen-bond donors (Lipinski definition) is 1. The number of benzene rings is 1. The van der Waals surface area contributed by atoms with Crippen molar-refractivity contribution in [3.05, 3.63) is 47.1 Å². The summed E-state index contributed by atoms with van der Waals surface area (Å²) in [4.78, 5) is 14.7. The summed E-state index contributed by atoms with van der Waals surface area (Å²) in [6, 6.07) is 9.50. The van der Waals surface area contributed by atoms with Gasteiger partial charge in [0.15, 0.2) is 0 Å². The second-order valence-electron chi connectivity index (χ2n) is 6.69. The Morgan fingerprint density at radius 3 is 2.88 bits per heavy atom. The Hall–Kier alpha value is -1.85. The first kappa shape index (κ1) is 18.0. The van der Waals surface area contributed by atoms with Gasteiger partial charge in [-0.25, -0.2) is 4.68 Å². The quantitative estimate of drug-likeness (QED) is 0.742. The lowest BCUT2D eigenvalue weighted by Crippen LogP contribution is -2.35. The van der Waals surface area contributed by atoms with Crippen LogP contribution in [0.15, 0.2) is 36.5 Å². The van der Waals surface area contributed by atoms with E-state index in [4.69, 9.17) is 11.6 Å². The minimum absolute atomic E-state index is 0.00927. The van der Waals surface area contributed by atoms with Gasteiger partial charge in [0, 0.05) is 17.6 Å². The van der Waals surface area contributed by atoms with Gasteiger partial charge < -0.3 is 5.32 Å². The summed E-state index contributed by atoms with van der Waals surface area (Å²) in [7, 11) is 0. The first-order chi connectivity index (χ1) is 12.2. The van der Waals surface area contributed by atoms with Gasteiger partial charge in [0.25, 0.3) is 0 Å². The second kappa shape index (κ2) is 8.50. The van der Waals surface area contributed by atoms with Gasteiger partial charge in [-0.1, -0.05) is 36.7 Å². The fourth-order valence-corrected chi connectivity index (χ4v) is 3.15. The van der Waals surface area contributed by atoms with Crippen molar-refractivity contribution in [1.82, 2.24) is 14.7 Å². The second-order valence-corrected chi connectivity index (χ2v) is 7.10. The van der Waals surface area contributed by atoms with Crippen molar-refractivity contribution in [2.24, 2.45) is 5.92 Å². The minimum atomic E-state index is 0.00927. The molecule has 0 unspecified atom stereocenters. The fraction of sp³-hybridized carbons (Fsp3) is 0.474. The molecular formula is C19H25ClN4O. The molecule has 5 nitrogen and oxygen atoms in total. The molecule has 0 radical (unpaired) electrons. The topological polar surface area (TPSA) is 50.2 Å². The average Bonchev–Trinajstić information content (AvgIpc) is 3.29. The molecule has 1 aliphatic rings. The van der Waals surface area contributed by atoms with Gasteiger partial charge in [0.05, 0.1) is 19.3 Å². The Kier molecular flexibility index (Phi) is 6.10. The van der Waals surface area contributed by atoms with E-state index in [1.54, 1.807) is 10.9 Å². The van der Waals surface area contributed by atoms with Crippen LogP contribution >= 0.6 is 11.6 Å². The standard InChI is InChI=1S/C19H25ClN4O/c1-2-11-23(12-15-7-8-15)14-19(25)22-18-9-10-21-24(18)13-16-5-3-4-6-17(16)20/h3-6,9-10,15H,2,7-8,11-14H2,1H3,(H,22,25). The van der Waals surface area contributed by atoms with E-state index in [9.17, 15) is 4.79 Å². The molecule has 6 heteroatoms. The van der Waals surface area contributed by atoms with Crippen LogP contribution in [-0.2, 0) is 11.3 Å². The number of hydrogen-bond acceptors (Lipinski definition) is 3. The number of nitrogens with one attached hydrogen (secondary N) is 1. The van der Waals surface area contributed by atoms with Gasteiger partial charge in [-0.2, -0.15) is 5.10 Å². The Morgan fingerprint density at radius 1 is 1.36 bits per heavy atom. The van der Waals surface area contributed by atoms with Crippen molar-refractivity contribution in [1.29, 1.82) is 0 Å². The number of rotatable bonds is 9. The highest BCUT2D eigenvalue weighted by atomic mass is 35.5. The SMILES string of the molecule is CCCN(CC(=O)Nc1ccnn1Cc1ccccc1Cl)CC1CC1. The molecule has 1 aromatic carbocycles. The molecule has 3 rings (SSSR count). The van der Waals surface area contributed by atoms with E-state index >= 15 is 0 Å². The smallest absolute Gasteiger partial charge is 0.239 e. The molecule has 0 bridgehead atoms. The molecule has 1 aliphatic carbocycles. The molecule has 2 aromatic rings. The predicted octanol–water partition coefficient (Wildman–Crippen LogP) is 3.65. The molecule has 1 aromatic heterocycles. The number of carbonyl (C=O) groups is 1. The summed E-state index contributed by atoms with van der Waals surface area (Å²) >= 11 is 6.22. The van der Waals surface area contributed by atoms with Gasteiger partial charge in [-0.3, -0.25) is 9.69 Å². The highest BCUT2D eigenvalue weighted by Gasteiger charge is 2.25. The first-order valence-electron chi connectivity index (χ1n) is 8.93. The maximum Gasteiger partial charge on any atom is 0.239 e. The fourth-order valence-electron chi connectivity index (χ4n) is 2.95. The highest BCUT2D eigenvalue weighted by molar-refractivity contribution is 6.31. The Balaban J connectivity index is 1.60. The van der Waals surface area contributed by atoms with Crippen LogP contribution < -0.4 is 5.32 Å². The Morgan fingerprint density at radius 2 is 2.16 bits per heavy atom. The summed E-state index contributed by atoms with van der Waals surface area (Å²) in [5, 5.41) is 8.00. The summed E-state index contributed by atoms with van der Waals surface area (Å²) < 4.78 is 1.77. The lowest BCUT2D eigenvalue weighted by molar-refractivity contribution is -0.117. The van der Waals surface area contributed by atoms with Crippen LogP contribution in [0.4, 0.5) is 5.82 Å². The molecule has 1 amide bonds. The first-order valence-corrected chi connectivity index (χ1v) is 9.31. The number of amides is 1. The van der Waals surface area contributed by atoms with Crippen LogP contribution in [-0.4, -0.2) is 40.2 Å². The predicted molar refractivity (Wildman–Crippen MR) is 101 cm³/mol. The van der Waals surface area contributed by atoms with Crippen LogP contribution in [0.25, 0.3) is 0 Å². The summed E-state index contributed by atoms with van der Waals surface area (Å²) in [6.45, 7) is 5.10. The van der Waals surface area contributed by atoms with Crippen LogP contribution in [0.3, 0.4) is 0 Å². The summed E-state index contributed by atoms with van der Waals surface area (Å²) in [5.74, 6) is 1.49. The monoisotopic (exact) mass is 360 g/mol. The van der Waals surface area contributed by atoms with Crippen molar-refractivity contribution in [3.63, 3.8) is 0 Å². The molecule has 1 N–H and O–H groups in total. The van der Waals surface area contributed by atoms with Gasteiger partial charge in [-0.15, -0.1) is 0 Å². The van der Waals surface area contributed by atoms with E-state index in [-0.39, 0.29) is 5.91 Å². The molecule has 25 heavy (non-hydrogen) atoms. The number of halogens is 1. The Bertz CT molecular complexity index is 711. The molecule has 0 aliphatic heterocycles. The molecule has 1 heterocycles. The number of anilines is 1. The van der Waals surface area contributed by atoms with Gasteiger partial charge in [0.1, 0.15) is 5.82 Å². The molecular weight excluding hydrogens is 336 g/mol. The molecule has 1 fully saturated rings. The van der Waals surface area contributed by atoms with Crippen LogP contribution in [0, 0.1) is 5.92 Å². The Labute approximate surface area is 154 Å². The zero-order valence-corrected chi connectivity index (χ0v) is 15.4. The van der Waals surface area contributed by atoms with E-state index in [1.807, 2.05) is 30.3 Å². The van der Waals surface area contributed by atoms with E-state index in [0.717, 1.165) is 31.0 Å². The van der Waals surface area contributed by atoms with Crippen LogP contribution in [0.2, 0.25) is 5.02 Å². The normalized spacial score (nSPS) is 14.0. The molecule has 0 saturated heterocycles. The summed E-state index contributed by atoms with van der Waals surface area (Å²) in [6.07, 6.45) is 5.35. The van der Waals surface area contributed by atoms with Gasteiger partial charge >= 0.3 is 0 Å². The zero-order chi connectivity index (χ0) is 17.6. The molecule has 0 spiro atoms. The largest absolute Gasteiger partial charge is 0.310 e. The molecule has 0 atom stereocenters. The third-order valence-corrected chi connectivity index (χ3v) is 4.75. The van der Waals surface area contributed by atoms with E-state index < -0.39 is 0 Å². The van der Waals surface area contributed by atoms with E-state index in [2.05, 4.69) is 22.2 Å². The maximum atomic E-state index is 12.4. The van der Waals surface area contributed by atoms with Gasteiger partial charge in [-0.05, 0) is 43.4 Å². The molecule has 1 saturated carbocycles. The average molecular weight is 361 g/mol. The van der Waals surface area contributed by atoms with Crippen molar-refractivity contribution >= 4 is 23.3 Å². The van der Waals surface area contributed by atoms with Crippen LogP contribution in [0.1, 0.15) is 31.7 Å². The number of aromatic nitrogens is 2. The zero-order valence-electron chi connectivity index (χ0n) is 14.6. The van der Waals surface area contributed by atoms with Crippen molar-refractivity contribution in [2.75, 3.05) is 25.0 Å². The third kappa shape index (κ3) is 5.31. The number of nitrogens with zero attached hydrogens (tertiary/aromatic N) is 3. The van der Waals surface area contributed by atoms with Crippen molar-refractivity contribution < 1.29 is 4.79 Å². The van der Waals surface area contributed by atoms with E-state index in [1.165, 1.54) is 12.8 Å².